The monoisotopic (exact) mass is 374 g/mol. The van der Waals surface area contributed by atoms with Crippen LogP contribution in [0, 0.1) is 5.92 Å². The summed E-state index contributed by atoms with van der Waals surface area (Å²) in [5, 5.41) is 0. The average molecular weight is 374 g/mol. The molecule has 1 aromatic carbocycles. The van der Waals surface area contributed by atoms with Gasteiger partial charge < -0.3 is 19.1 Å². The van der Waals surface area contributed by atoms with Crippen molar-refractivity contribution in [1.82, 2.24) is 9.80 Å². The maximum Gasteiger partial charge on any atom is 0.236 e. The molecule has 2 fully saturated rings. The second kappa shape index (κ2) is 7.32. The van der Waals surface area contributed by atoms with E-state index < -0.39 is 0 Å². The largest absolute Gasteiger partial charge is 0.493 e. The van der Waals surface area contributed by atoms with Crippen LogP contribution in [0.1, 0.15) is 37.4 Å². The Kier molecular flexibility index (Phi) is 5.03. The van der Waals surface area contributed by atoms with Gasteiger partial charge >= 0.3 is 0 Å². The number of fused-ring (bicyclic) bond motifs is 4. The molecular weight excluding hydrogens is 344 g/mol. The van der Waals surface area contributed by atoms with Gasteiger partial charge in [-0.05, 0) is 18.9 Å². The molecule has 0 saturated carbocycles. The van der Waals surface area contributed by atoms with Crippen molar-refractivity contribution in [3.63, 3.8) is 0 Å². The number of hydrogen-bond acceptors (Lipinski definition) is 5. The van der Waals surface area contributed by atoms with Crippen molar-refractivity contribution in [3.05, 3.63) is 23.8 Å². The lowest BCUT2D eigenvalue weighted by Gasteiger charge is -2.53. The van der Waals surface area contributed by atoms with Crippen LogP contribution in [0.3, 0.4) is 0 Å². The lowest BCUT2D eigenvalue weighted by Crippen LogP contribution is -2.57. The van der Waals surface area contributed by atoms with Crippen molar-refractivity contribution in [2.75, 3.05) is 47.4 Å². The predicted octanol–water partition coefficient (Wildman–Crippen LogP) is 2.48. The van der Waals surface area contributed by atoms with Crippen LogP contribution in [-0.2, 0) is 9.53 Å². The molecule has 1 aromatic rings. The van der Waals surface area contributed by atoms with Gasteiger partial charge in [-0.2, -0.15) is 0 Å². The van der Waals surface area contributed by atoms with Crippen LogP contribution in [0.2, 0.25) is 0 Å². The van der Waals surface area contributed by atoms with Crippen LogP contribution in [0.15, 0.2) is 18.2 Å². The summed E-state index contributed by atoms with van der Waals surface area (Å²) in [7, 11) is 5.31. The number of methoxy groups -OCH3 is 1. The lowest BCUT2D eigenvalue weighted by atomic mass is 9.70. The number of ether oxygens (including phenoxy) is 3. The van der Waals surface area contributed by atoms with Gasteiger partial charge in [0.2, 0.25) is 5.91 Å². The highest BCUT2D eigenvalue weighted by Crippen LogP contribution is 2.55. The molecule has 0 aromatic heterocycles. The molecule has 2 atom stereocenters. The van der Waals surface area contributed by atoms with Crippen molar-refractivity contribution in [2.45, 2.75) is 37.4 Å². The van der Waals surface area contributed by atoms with E-state index in [1.165, 1.54) is 0 Å². The number of carbonyl (C=O) groups excluding carboxylic acids is 1. The van der Waals surface area contributed by atoms with Crippen LogP contribution in [0.5, 0.6) is 11.5 Å². The molecule has 0 unspecified atom stereocenters. The molecule has 1 amide bonds. The minimum atomic E-state index is -0.232. The number of benzene rings is 1. The van der Waals surface area contributed by atoms with E-state index in [9.17, 15) is 4.79 Å². The number of para-hydroxylation sites is 1. The smallest absolute Gasteiger partial charge is 0.236 e. The van der Waals surface area contributed by atoms with Gasteiger partial charge in [-0.15, -0.1) is 0 Å². The first-order valence-corrected chi connectivity index (χ1v) is 9.94. The van der Waals surface area contributed by atoms with E-state index >= 15 is 0 Å². The molecule has 27 heavy (non-hydrogen) atoms. The molecule has 2 saturated heterocycles. The van der Waals surface area contributed by atoms with E-state index in [2.05, 4.69) is 11.0 Å². The van der Waals surface area contributed by atoms with Crippen molar-refractivity contribution < 1.29 is 19.0 Å². The standard InChI is InChI=1S/C21H30N2O4/c1-22(2)18(24)14-23-11-9-21(10-12-23)16-7-5-13-26-19(16)15-6-4-8-17(25-3)20(15)27-21/h4,6,8,16,19H,5,7,9-14H2,1-3H3/t16-,19+/m0/s1. The second-order valence-electron chi connectivity index (χ2n) is 8.15. The molecule has 3 aliphatic rings. The van der Waals surface area contributed by atoms with Gasteiger partial charge in [-0.1, -0.05) is 12.1 Å². The first-order valence-electron chi connectivity index (χ1n) is 9.94. The number of amides is 1. The third-order valence-electron chi connectivity index (χ3n) is 6.40. The van der Waals surface area contributed by atoms with Crippen LogP contribution in [0.4, 0.5) is 0 Å². The zero-order chi connectivity index (χ0) is 19.0. The van der Waals surface area contributed by atoms with Crippen LogP contribution < -0.4 is 9.47 Å². The Morgan fingerprint density at radius 1 is 1.33 bits per heavy atom. The van der Waals surface area contributed by atoms with Gasteiger partial charge in [0.15, 0.2) is 11.5 Å². The van der Waals surface area contributed by atoms with Gasteiger partial charge in [0.25, 0.3) is 0 Å². The fourth-order valence-corrected chi connectivity index (χ4v) is 4.83. The Bertz CT molecular complexity index is 697. The molecule has 1 spiro atoms. The first-order chi connectivity index (χ1) is 13.0. The third-order valence-corrected chi connectivity index (χ3v) is 6.40. The molecule has 0 aliphatic carbocycles. The van der Waals surface area contributed by atoms with Crippen molar-refractivity contribution in [2.24, 2.45) is 5.92 Å². The zero-order valence-electron chi connectivity index (χ0n) is 16.6. The van der Waals surface area contributed by atoms with Crippen LogP contribution in [0.25, 0.3) is 0 Å². The van der Waals surface area contributed by atoms with E-state index in [1.807, 2.05) is 26.2 Å². The van der Waals surface area contributed by atoms with Crippen molar-refractivity contribution in [1.29, 1.82) is 0 Å². The lowest BCUT2D eigenvalue weighted by molar-refractivity contribution is -0.152. The molecule has 148 valence electrons. The molecule has 0 bridgehead atoms. The number of rotatable bonds is 3. The van der Waals surface area contributed by atoms with Gasteiger partial charge in [0, 0.05) is 58.1 Å². The minimum absolute atomic E-state index is 0.0764. The highest BCUT2D eigenvalue weighted by molar-refractivity contribution is 5.77. The average Bonchev–Trinajstić information content (AvgIpc) is 2.69. The van der Waals surface area contributed by atoms with Crippen LogP contribution in [-0.4, -0.2) is 68.8 Å². The minimum Gasteiger partial charge on any atom is -0.493 e. The molecule has 6 heteroatoms. The summed E-state index contributed by atoms with van der Waals surface area (Å²) in [5.41, 5.74) is 0.889. The first kappa shape index (κ1) is 18.6. The topological polar surface area (TPSA) is 51.2 Å². The summed E-state index contributed by atoms with van der Waals surface area (Å²) in [6.45, 7) is 3.02. The SMILES string of the molecule is COc1cccc2c1OC1(CCN(CC(=O)N(C)C)CC1)[C@H]1CCCO[C@H]21. The predicted molar refractivity (Wildman–Crippen MR) is 102 cm³/mol. The fourth-order valence-electron chi connectivity index (χ4n) is 4.83. The Hall–Kier alpha value is -1.79. The third kappa shape index (κ3) is 3.29. The number of piperidine rings is 1. The van der Waals surface area contributed by atoms with Crippen molar-refractivity contribution in [3.8, 4) is 11.5 Å². The van der Waals surface area contributed by atoms with Gasteiger partial charge in [0.1, 0.15) is 5.60 Å². The zero-order valence-corrected chi connectivity index (χ0v) is 16.6. The van der Waals surface area contributed by atoms with Gasteiger partial charge in [0.05, 0.1) is 19.8 Å². The summed E-state index contributed by atoms with van der Waals surface area (Å²) < 4.78 is 18.6. The van der Waals surface area contributed by atoms with Gasteiger partial charge in [-0.25, -0.2) is 0 Å². The Balaban J connectivity index is 1.58. The summed E-state index contributed by atoms with van der Waals surface area (Å²) in [5.74, 6) is 2.14. The molecule has 0 radical (unpaired) electrons. The number of likely N-dealkylation sites (tertiary alicyclic amines) is 1. The van der Waals surface area contributed by atoms with Gasteiger partial charge in [-0.3, -0.25) is 9.69 Å². The summed E-state index contributed by atoms with van der Waals surface area (Å²) >= 11 is 0. The number of hydrogen-bond donors (Lipinski definition) is 0. The van der Waals surface area contributed by atoms with Crippen LogP contribution >= 0.6 is 0 Å². The summed E-state index contributed by atoms with van der Waals surface area (Å²) in [6.07, 6.45) is 4.10. The normalized spacial score (nSPS) is 26.6. The Morgan fingerprint density at radius 2 is 2.11 bits per heavy atom. The Labute approximate surface area is 161 Å². The number of likely N-dealkylation sites (N-methyl/N-ethyl adjacent to an activating group) is 1. The maximum absolute atomic E-state index is 12.1. The van der Waals surface area contributed by atoms with Crippen molar-refractivity contribution >= 4 is 5.91 Å². The molecular formula is C21H30N2O4. The van der Waals surface area contributed by atoms with E-state index in [0.29, 0.717) is 12.5 Å². The second-order valence-corrected chi connectivity index (χ2v) is 8.15. The van der Waals surface area contributed by atoms with E-state index in [4.69, 9.17) is 14.2 Å². The van der Waals surface area contributed by atoms with E-state index in [1.54, 1.807) is 12.0 Å². The quantitative estimate of drug-likeness (QED) is 0.814. The molecule has 6 nitrogen and oxygen atoms in total. The molecule has 0 N–H and O–H groups in total. The fraction of sp³-hybridized carbons (Fsp3) is 0.667. The Morgan fingerprint density at radius 3 is 2.81 bits per heavy atom. The number of carbonyl (C=O) groups is 1. The highest BCUT2D eigenvalue weighted by atomic mass is 16.5. The number of nitrogens with zero attached hydrogens (tertiary/aromatic N) is 2. The molecule has 3 aliphatic heterocycles. The highest BCUT2D eigenvalue weighted by Gasteiger charge is 2.53. The van der Waals surface area contributed by atoms with E-state index in [0.717, 1.165) is 62.4 Å². The summed E-state index contributed by atoms with van der Waals surface area (Å²) in [6, 6.07) is 6.09. The summed E-state index contributed by atoms with van der Waals surface area (Å²) in [4.78, 5) is 16.0. The molecule has 4 rings (SSSR count). The van der Waals surface area contributed by atoms with E-state index in [-0.39, 0.29) is 17.6 Å². The molecule has 3 heterocycles. The maximum atomic E-state index is 12.1.